The van der Waals surface area contributed by atoms with Gasteiger partial charge in [-0.1, -0.05) is 41.5 Å². The molecule has 1 amide bonds. The molecule has 1 aliphatic carbocycles. The number of anilines is 1. The lowest BCUT2D eigenvalue weighted by Gasteiger charge is -2.63. The second-order valence-electron chi connectivity index (χ2n) is 14.3. The van der Waals surface area contributed by atoms with Gasteiger partial charge in [-0.25, -0.2) is 9.97 Å². The fourth-order valence-electron chi connectivity index (χ4n) is 8.11. The molecule has 3 aliphatic rings. The number of amides is 1. The van der Waals surface area contributed by atoms with Crippen LogP contribution < -0.4 is 19.7 Å². The van der Waals surface area contributed by atoms with E-state index in [1.54, 1.807) is 30.6 Å². The number of carbonyl (C=O) groups excluding carboxylic acids is 1. The lowest BCUT2D eigenvalue weighted by atomic mass is 9.49. The van der Waals surface area contributed by atoms with Gasteiger partial charge in [-0.15, -0.1) is 0 Å². The molecule has 3 fully saturated rings. The van der Waals surface area contributed by atoms with Gasteiger partial charge in [-0.05, 0) is 42.7 Å². The molecule has 238 valence electrons. The molecule has 5 rings (SSSR count). The predicted octanol–water partition coefficient (Wildman–Crippen LogP) is 4.13. The van der Waals surface area contributed by atoms with Crippen LogP contribution in [0.1, 0.15) is 70.3 Å². The molecule has 1 aromatic carbocycles. The number of benzene rings is 1. The summed E-state index contributed by atoms with van der Waals surface area (Å²) in [4.78, 5) is 27.4. The third-order valence-corrected chi connectivity index (χ3v) is 10.4. The van der Waals surface area contributed by atoms with Gasteiger partial charge in [0.05, 0.1) is 24.3 Å². The van der Waals surface area contributed by atoms with Gasteiger partial charge in [0.2, 0.25) is 5.95 Å². The first-order valence-corrected chi connectivity index (χ1v) is 15.9. The number of hydrogen-bond acceptors (Lipinski definition) is 9. The van der Waals surface area contributed by atoms with Crippen molar-refractivity contribution in [2.24, 2.45) is 28.6 Å². The summed E-state index contributed by atoms with van der Waals surface area (Å²) in [5.41, 5.74) is 0.177. The van der Waals surface area contributed by atoms with E-state index in [1.165, 1.54) is 7.11 Å². The van der Waals surface area contributed by atoms with Crippen molar-refractivity contribution in [3.05, 3.63) is 41.7 Å². The summed E-state index contributed by atoms with van der Waals surface area (Å²) in [6.07, 6.45) is 4.68. The first-order chi connectivity index (χ1) is 20.8. The Balaban J connectivity index is 1.18. The second kappa shape index (κ2) is 12.5. The van der Waals surface area contributed by atoms with Gasteiger partial charge in [0, 0.05) is 68.1 Å². The van der Waals surface area contributed by atoms with Gasteiger partial charge in [0.25, 0.3) is 5.91 Å². The lowest BCUT2D eigenvalue weighted by molar-refractivity contribution is -0.164. The third-order valence-electron chi connectivity index (χ3n) is 10.4. The molecule has 0 spiro atoms. The SMILES string of the molecule is COc1cc(OC2C(C)(C)C(NC(=O)c3cnc(N4CC(C)C(CN5CCC(O)CC5)[C@H](C)C4)nc3)C2(C)C)ccc1C#N. The van der Waals surface area contributed by atoms with Crippen LogP contribution >= 0.6 is 0 Å². The summed E-state index contributed by atoms with van der Waals surface area (Å²) < 4.78 is 11.8. The van der Waals surface area contributed by atoms with Crippen molar-refractivity contribution in [1.82, 2.24) is 20.2 Å². The maximum atomic E-state index is 13.4. The topological polar surface area (TPSA) is 124 Å². The van der Waals surface area contributed by atoms with E-state index < -0.39 is 0 Å². The molecule has 2 N–H and O–H groups in total. The quantitative estimate of drug-likeness (QED) is 0.458. The molecular weight excluding hydrogens is 556 g/mol. The maximum absolute atomic E-state index is 13.4. The maximum Gasteiger partial charge on any atom is 0.254 e. The minimum atomic E-state index is -0.355. The highest BCUT2D eigenvalue weighted by atomic mass is 16.5. The van der Waals surface area contributed by atoms with Gasteiger partial charge in [-0.3, -0.25) is 4.79 Å². The number of aliphatic hydroxyl groups excluding tert-OH is 1. The normalized spacial score (nSPS) is 28.4. The molecule has 3 atom stereocenters. The van der Waals surface area contributed by atoms with Crippen LogP contribution in [0, 0.1) is 39.9 Å². The minimum absolute atomic E-state index is 0.142. The fourth-order valence-corrected chi connectivity index (χ4v) is 8.11. The Hall–Kier alpha value is -3.42. The number of nitrogens with zero attached hydrogens (tertiary/aromatic N) is 5. The third kappa shape index (κ3) is 6.22. The van der Waals surface area contributed by atoms with E-state index in [4.69, 9.17) is 9.47 Å². The number of carbonyl (C=O) groups is 1. The Morgan fingerprint density at radius 3 is 2.27 bits per heavy atom. The highest BCUT2D eigenvalue weighted by Gasteiger charge is 2.64. The van der Waals surface area contributed by atoms with Crippen molar-refractivity contribution in [1.29, 1.82) is 5.26 Å². The molecule has 44 heavy (non-hydrogen) atoms. The fraction of sp³-hybridized carbons (Fsp3) is 0.647. The Labute approximate surface area is 261 Å². The standard InChI is InChI=1S/C34H48N6O4/c1-21-18-40(19-22(2)27(21)20-39-12-10-25(41)11-13-39)32-36-16-24(17-37-32)29(42)38-30-33(3,4)31(34(30,5)6)44-26-9-8-23(15-35)28(14-26)43-7/h8-9,14,16-17,21-22,25,27,30-31,41H,10-13,18-20H2,1-7H3,(H,38,42)/t21-,22?,27?,30?,31?/m1/s1. The summed E-state index contributed by atoms with van der Waals surface area (Å²) in [7, 11) is 1.53. The summed E-state index contributed by atoms with van der Waals surface area (Å²) in [6, 6.07) is 7.20. The summed E-state index contributed by atoms with van der Waals surface area (Å²) >= 11 is 0. The van der Waals surface area contributed by atoms with Crippen LogP contribution in [0.25, 0.3) is 0 Å². The molecule has 2 aromatic rings. The van der Waals surface area contributed by atoms with E-state index in [-0.39, 0.29) is 35.0 Å². The summed E-state index contributed by atoms with van der Waals surface area (Å²) in [5, 5.41) is 22.4. The van der Waals surface area contributed by atoms with Crippen molar-refractivity contribution in [2.75, 3.05) is 44.7 Å². The molecule has 1 saturated carbocycles. The van der Waals surface area contributed by atoms with Crippen molar-refractivity contribution in [2.45, 2.75) is 72.6 Å². The van der Waals surface area contributed by atoms with Crippen molar-refractivity contribution in [3.63, 3.8) is 0 Å². The number of aromatic nitrogens is 2. The number of rotatable bonds is 8. The Morgan fingerprint density at radius 1 is 1.09 bits per heavy atom. The van der Waals surface area contributed by atoms with Crippen molar-refractivity contribution >= 4 is 11.9 Å². The zero-order chi connectivity index (χ0) is 31.8. The second-order valence-corrected chi connectivity index (χ2v) is 14.3. The van der Waals surface area contributed by atoms with Gasteiger partial charge >= 0.3 is 0 Å². The summed E-state index contributed by atoms with van der Waals surface area (Å²) in [5.74, 6) is 3.12. The molecule has 3 heterocycles. The Morgan fingerprint density at radius 2 is 1.70 bits per heavy atom. The number of ether oxygens (including phenoxy) is 2. The number of aliphatic hydroxyl groups is 1. The number of nitriles is 1. The van der Waals surface area contributed by atoms with E-state index in [1.807, 2.05) is 0 Å². The average molecular weight is 605 g/mol. The van der Waals surface area contributed by atoms with E-state index in [2.05, 4.69) is 72.7 Å². The molecule has 2 aliphatic heterocycles. The number of nitrogens with one attached hydrogen (secondary N) is 1. The van der Waals surface area contributed by atoms with Crippen LogP contribution in [0.5, 0.6) is 11.5 Å². The molecule has 2 saturated heterocycles. The monoisotopic (exact) mass is 604 g/mol. The van der Waals surface area contributed by atoms with Gasteiger partial charge in [-0.2, -0.15) is 5.26 Å². The van der Waals surface area contributed by atoms with Crippen LogP contribution in [-0.2, 0) is 0 Å². The lowest BCUT2D eigenvalue weighted by Crippen LogP contribution is -2.74. The van der Waals surface area contributed by atoms with E-state index in [9.17, 15) is 15.2 Å². The predicted molar refractivity (Wildman–Crippen MR) is 169 cm³/mol. The largest absolute Gasteiger partial charge is 0.495 e. The summed E-state index contributed by atoms with van der Waals surface area (Å²) in [6.45, 7) is 17.8. The van der Waals surface area contributed by atoms with Crippen LogP contribution in [-0.4, -0.2) is 84.0 Å². The van der Waals surface area contributed by atoms with Crippen LogP contribution in [0.2, 0.25) is 0 Å². The molecule has 1 aromatic heterocycles. The smallest absolute Gasteiger partial charge is 0.254 e. The number of methoxy groups -OCH3 is 1. The Bertz CT molecular complexity index is 1340. The van der Waals surface area contributed by atoms with E-state index in [0.29, 0.717) is 46.3 Å². The van der Waals surface area contributed by atoms with E-state index >= 15 is 0 Å². The van der Waals surface area contributed by atoms with Crippen molar-refractivity contribution < 1.29 is 19.4 Å². The van der Waals surface area contributed by atoms with Crippen molar-refractivity contribution in [3.8, 4) is 17.6 Å². The van der Waals surface area contributed by atoms with Crippen LogP contribution in [0.4, 0.5) is 5.95 Å². The minimum Gasteiger partial charge on any atom is -0.495 e. The zero-order valence-electron chi connectivity index (χ0n) is 27.2. The number of likely N-dealkylation sites (tertiary alicyclic amines) is 1. The van der Waals surface area contributed by atoms with E-state index in [0.717, 1.165) is 45.6 Å². The van der Waals surface area contributed by atoms with Crippen LogP contribution in [0.15, 0.2) is 30.6 Å². The first kappa shape index (κ1) is 32.0. The molecule has 10 nitrogen and oxygen atoms in total. The molecule has 0 bridgehead atoms. The molecule has 0 radical (unpaired) electrons. The highest BCUT2D eigenvalue weighted by molar-refractivity contribution is 5.94. The van der Waals surface area contributed by atoms with Gasteiger partial charge < -0.3 is 29.7 Å². The highest BCUT2D eigenvalue weighted by Crippen LogP contribution is 2.55. The van der Waals surface area contributed by atoms with Crippen LogP contribution in [0.3, 0.4) is 0 Å². The zero-order valence-corrected chi connectivity index (χ0v) is 27.2. The number of piperidine rings is 2. The Kier molecular flexibility index (Phi) is 9.11. The average Bonchev–Trinajstić information content (AvgIpc) is 3.00. The molecular formula is C34H48N6O4. The molecule has 2 unspecified atom stereocenters. The molecule has 10 heteroatoms. The first-order valence-electron chi connectivity index (χ1n) is 15.9. The number of hydrogen-bond donors (Lipinski definition) is 2. The van der Waals surface area contributed by atoms with Gasteiger partial charge in [0.15, 0.2) is 0 Å². The van der Waals surface area contributed by atoms with Gasteiger partial charge in [0.1, 0.15) is 23.7 Å².